The Hall–Kier alpha value is -2.35. The van der Waals surface area contributed by atoms with E-state index in [2.05, 4.69) is 0 Å². The van der Waals surface area contributed by atoms with Gasteiger partial charge in [-0.05, 0) is 30.0 Å². The van der Waals surface area contributed by atoms with Crippen molar-refractivity contribution in [3.63, 3.8) is 0 Å². The average Bonchev–Trinajstić information content (AvgIpc) is 2.86. The molecule has 26 heavy (non-hydrogen) atoms. The van der Waals surface area contributed by atoms with Gasteiger partial charge in [-0.1, -0.05) is 47.5 Å². The number of rotatable bonds is 4. The molecule has 0 aromatic heterocycles. The third-order valence-corrected chi connectivity index (χ3v) is 5.23. The van der Waals surface area contributed by atoms with Crippen molar-refractivity contribution >= 4 is 57.9 Å². The first-order valence-electron chi connectivity index (χ1n) is 7.30. The van der Waals surface area contributed by atoms with Gasteiger partial charge < -0.3 is 0 Å². The molecule has 3 rings (SSSR count). The van der Waals surface area contributed by atoms with Crippen molar-refractivity contribution in [3.05, 3.63) is 78.7 Å². The van der Waals surface area contributed by atoms with Crippen LogP contribution in [0, 0.1) is 10.1 Å². The van der Waals surface area contributed by atoms with Gasteiger partial charge in [-0.25, -0.2) is 0 Å². The SMILES string of the molecule is O=C1S/C(=C\c2c(Cl)cccc2Cl)C(=O)N1Cc1ccccc1[N+](=O)[O-]. The van der Waals surface area contributed by atoms with Crippen LogP contribution < -0.4 is 0 Å². The zero-order chi connectivity index (χ0) is 18.8. The summed E-state index contributed by atoms with van der Waals surface area (Å²) in [6.07, 6.45) is 1.45. The number of nitro benzene ring substituents is 1. The molecule has 2 aromatic rings. The summed E-state index contributed by atoms with van der Waals surface area (Å²) in [5.74, 6) is -0.547. The van der Waals surface area contributed by atoms with Crippen molar-refractivity contribution in [1.29, 1.82) is 0 Å². The Kier molecular flexibility index (Phi) is 5.31. The van der Waals surface area contributed by atoms with E-state index in [1.54, 1.807) is 24.3 Å². The summed E-state index contributed by atoms with van der Waals surface area (Å²) in [4.78, 5) is 36.5. The van der Waals surface area contributed by atoms with E-state index in [0.29, 0.717) is 15.6 Å². The summed E-state index contributed by atoms with van der Waals surface area (Å²) in [5.41, 5.74) is 0.563. The predicted octanol–water partition coefficient (Wildman–Crippen LogP) is 5.14. The number of para-hydroxylation sites is 1. The molecule has 0 N–H and O–H groups in total. The number of imide groups is 1. The molecule has 0 aliphatic carbocycles. The highest BCUT2D eigenvalue weighted by Gasteiger charge is 2.36. The van der Waals surface area contributed by atoms with Gasteiger partial charge in [0, 0.05) is 27.2 Å². The van der Waals surface area contributed by atoms with Crippen molar-refractivity contribution < 1.29 is 14.5 Å². The van der Waals surface area contributed by atoms with Crippen LogP contribution in [0.3, 0.4) is 0 Å². The standard InChI is InChI=1S/C17H10Cl2N2O4S/c18-12-5-3-6-13(19)11(12)8-15-16(22)20(17(23)26-15)9-10-4-1-2-7-14(10)21(24)25/h1-8H,9H2/b15-8-. The third kappa shape index (κ3) is 3.60. The molecule has 6 nitrogen and oxygen atoms in total. The number of carbonyl (C=O) groups excluding carboxylic acids is 2. The zero-order valence-electron chi connectivity index (χ0n) is 13.0. The summed E-state index contributed by atoms with van der Waals surface area (Å²) < 4.78 is 0. The molecule has 2 aromatic carbocycles. The van der Waals surface area contributed by atoms with Crippen molar-refractivity contribution in [2.24, 2.45) is 0 Å². The Morgan fingerprint density at radius 3 is 2.38 bits per heavy atom. The predicted molar refractivity (Wildman–Crippen MR) is 101 cm³/mol. The van der Waals surface area contributed by atoms with Crippen molar-refractivity contribution in [2.45, 2.75) is 6.54 Å². The molecule has 0 bridgehead atoms. The lowest BCUT2D eigenvalue weighted by Gasteiger charge is -2.12. The van der Waals surface area contributed by atoms with Gasteiger partial charge in [0.05, 0.1) is 16.4 Å². The van der Waals surface area contributed by atoms with Crippen molar-refractivity contribution in [2.75, 3.05) is 0 Å². The van der Waals surface area contributed by atoms with Gasteiger partial charge in [0.15, 0.2) is 0 Å². The second kappa shape index (κ2) is 7.49. The van der Waals surface area contributed by atoms with E-state index in [0.717, 1.165) is 16.7 Å². The molecular weight excluding hydrogens is 399 g/mol. The third-order valence-electron chi connectivity index (χ3n) is 3.67. The maximum absolute atomic E-state index is 12.6. The first-order valence-corrected chi connectivity index (χ1v) is 8.87. The van der Waals surface area contributed by atoms with Crippen LogP contribution in [0.2, 0.25) is 10.0 Å². The lowest BCUT2D eigenvalue weighted by Crippen LogP contribution is -2.27. The fourth-order valence-corrected chi connectivity index (χ4v) is 3.74. The maximum Gasteiger partial charge on any atom is 0.293 e. The van der Waals surface area contributed by atoms with Crippen LogP contribution in [0.25, 0.3) is 6.08 Å². The summed E-state index contributed by atoms with van der Waals surface area (Å²) in [7, 11) is 0. The van der Waals surface area contributed by atoms with E-state index in [4.69, 9.17) is 23.2 Å². The average molecular weight is 409 g/mol. The lowest BCUT2D eigenvalue weighted by molar-refractivity contribution is -0.385. The van der Waals surface area contributed by atoms with Crippen LogP contribution in [-0.2, 0) is 11.3 Å². The Bertz CT molecular complexity index is 941. The second-order valence-electron chi connectivity index (χ2n) is 5.29. The monoisotopic (exact) mass is 408 g/mol. The highest BCUT2D eigenvalue weighted by molar-refractivity contribution is 8.18. The molecule has 2 amide bonds. The van der Waals surface area contributed by atoms with Gasteiger partial charge in [-0.15, -0.1) is 0 Å². The smallest absolute Gasteiger partial charge is 0.268 e. The number of nitro groups is 1. The molecule has 0 spiro atoms. The molecule has 0 atom stereocenters. The van der Waals surface area contributed by atoms with E-state index in [1.807, 2.05) is 0 Å². The van der Waals surface area contributed by atoms with E-state index in [9.17, 15) is 19.7 Å². The molecule has 1 aliphatic heterocycles. The fourth-order valence-electron chi connectivity index (χ4n) is 2.41. The minimum atomic E-state index is -0.548. The molecular formula is C17H10Cl2N2O4S. The van der Waals surface area contributed by atoms with Gasteiger partial charge in [-0.2, -0.15) is 0 Å². The number of thioether (sulfide) groups is 1. The maximum atomic E-state index is 12.6. The topological polar surface area (TPSA) is 80.5 Å². The highest BCUT2D eigenvalue weighted by Crippen LogP contribution is 2.36. The molecule has 0 unspecified atom stereocenters. The zero-order valence-corrected chi connectivity index (χ0v) is 15.3. The molecule has 1 aliphatic rings. The molecule has 9 heteroatoms. The normalized spacial score (nSPS) is 15.8. The number of hydrogen-bond acceptors (Lipinski definition) is 5. The summed E-state index contributed by atoms with van der Waals surface area (Å²) in [5, 5.41) is 11.3. The van der Waals surface area contributed by atoms with Crippen LogP contribution in [0.4, 0.5) is 10.5 Å². The molecule has 1 heterocycles. The molecule has 1 fully saturated rings. The Balaban J connectivity index is 1.91. The van der Waals surface area contributed by atoms with E-state index >= 15 is 0 Å². The Labute approximate surface area is 162 Å². The van der Waals surface area contributed by atoms with Crippen LogP contribution >= 0.6 is 35.0 Å². The number of hydrogen-bond donors (Lipinski definition) is 0. The Morgan fingerprint density at radius 2 is 1.73 bits per heavy atom. The van der Waals surface area contributed by atoms with Crippen LogP contribution in [-0.4, -0.2) is 21.0 Å². The summed E-state index contributed by atoms with van der Waals surface area (Å²) in [6, 6.07) is 10.9. The number of nitrogens with zero attached hydrogens (tertiary/aromatic N) is 2. The molecule has 1 saturated heterocycles. The van der Waals surface area contributed by atoms with E-state index in [1.165, 1.54) is 24.3 Å². The van der Waals surface area contributed by atoms with E-state index in [-0.39, 0.29) is 22.7 Å². The number of carbonyl (C=O) groups is 2. The largest absolute Gasteiger partial charge is 0.293 e. The molecule has 0 saturated carbocycles. The minimum absolute atomic E-state index is 0.148. The first kappa shape index (κ1) is 18.4. The van der Waals surface area contributed by atoms with Gasteiger partial charge in [-0.3, -0.25) is 24.6 Å². The summed E-state index contributed by atoms with van der Waals surface area (Å²) >= 11 is 12.9. The molecule has 132 valence electrons. The van der Waals surface area contributed by atoms with Gasteiger partial charge in [0.2, 0.25) is 0 Å². The first-order chi connectivity index (χ1) is 12.4. The highest BCUT2D eigenvalue weighted by atomic mass is 35.5. The number of benzene rings is 2. The Morgan fingerprint density at radius 1 is 1.08 bits per heavy atom. The van der Waals surface area contributed by atoms with Crippen LogP contribution in [0.5, 0.6) is 0 Å². The quantitative estimate of drug-likeness (QED) is 0.397. The number of halogens is 2. The number of amides is 2. The molecule has 0 radical (unpaired) electrons. The second-order valence-corrected chi connectivity index (χ2v) is 7.10. The van der Waals surface area contributed by atoms with Crippen LogP contribution in [0.15, 0.2) is 47.4 Å². The fraction of sp³-hybridized carbons (Fsp3) is 0.0588. The van der Waals surface area contributed by atoms with Crippen LogP contribution in [0.1, 0.15) is 11.1 Å². The van der Waals surface area contributed by atoms with Gasteiger partial charge >= 0.3 is 0 Å². The van der Waals surface area contributed by atoms with E-state index < -0.39 is 16.1 Å². The van der Waals surface area contributed by atoms with Crippen molar-refractivity contribution in [1.82, 2.24) is 4.90 Å². The van der Waals surface area contributed by atoms with Gasteiger partial charge in [0.25, 0.3) is 16.8 Å². The summed E-state index contributed by atoms with van der Waals surface area (Å²) in [6.45, 7) is -0.185. The minimum Gasteiger partial charge on any atom is -0.268 e. The van der Waals surface area contributed by atoms with Crippen molar-refractivity contribution in [3.8, 4) is 0 Å². The lowest BCUT2D eigenvalue weighted by atomic mass is 10.1. The van der Waals surface area contributed by atoms with Gasteiger partial charge in [0.1, 0.15) is 0 Å².